The maximum absolute atomic E-state index is 3.95. The second-order valence-electron chi connectivity index (χ2n) is 9.80. The van der Waals surface area contributed by atoms with Crippen LogP contribution in [0, 0.1) is 0 Å². The fraction of sp³-hybridized carbons (Fsp3) is 0.135. The summed E-state index contributed by atoms with van der Waals surface area (Å²) in [6.07, 6.45) is 16.2. The van der Waals surface area contributed by atoms with Gasteiger partial charge in [-0.3, -0.25) is 0 Å². The van der Waals surface area contributed by atoms with E-state index in [9.17, 15) is 0 Å². The molecular formula is C37H37FeNP2. The van der Waals surface area contributed by atoms with Gasteiger partial charge in [0.05, 0.1) is 0 Å². The van der Waals surface area contributed by atoms with Gasteiger partial charge in [-0.2, -0.15) is 0 Å². The molecule has 4 aromatic carbocycles. The van der Waals surface area contributed by atoms with E-state index < -0.39 is 15.8 Å². The van der Waals surface area contributed by atoms with Crippen LogP contribution in [-0.4, -0.2) is 12.3 Å². The zero-order valence-corrected chi connectivity index (χ0v) is 26.4. The van der Waals surface area contributed by atoms with Gasteiger partial charge < -0.3 is 5.32 Å². The number of benzene rings is 4. The Balaban J connectivity index is 0.000000584. The Morgan fingerprint density at radius 2 is 1.05 bits per heavy atom. The van der Waals surface area contributed by atoms with Gasteiger partial charge in [-0.05, 0) is 67.7 Å². The van der Waals surface area contributed by atoms with E-state index in [2.05, 4.69) is 170 Å². The SMILES string of the molecule is C1=CCC=C1.C[C@@H](NCP(c1ccccc1)c1ccccc1)C1=C(P(c2ccccc2)c2ccccc2)C=CC1.[Fe]. The van der Waals surface area contributed by atoms with Crippen molar-refractivity contribution in [1.82, 2.24) is 5.32 Å². The maximum atomic E-state index is 3.95. The van der Waals surface area contributed by atoms with E-state index >= 15 is 0 Å². The first-order valence-electron chi connectivity index (χ1n) is 14.0. The van der Waals surface area contributed by atoms with Crippen molar-refractivity contribution in [2.45, 2.75) is 25.8 Å². The minimum absolute atomic E-state index is 0. The summed E-state index contributed by atoms with van der Waals surface area (Å²) in [4.78, 5) is 0. The Labute approximate surface area is 259 Å². The molecular weight excluding hydrogens is 576 g/mol. The zero-order chi connectivity index (χ0) is 27.4. The molecule has 0 amide bonds. The molecule has 0 aromatic heterocycles. The van der Waals surface area contributed by atoms with Crippen LogP contribution >= 0.6 is 15.8 Å². The van der Waals surface area contributed by atoms with E-state index in [4.69, 9.17) is 0 Å². The molecule has 0 aliphatic heterocycles. The molecule has 0 bridgehead atoms. The third kappa shape index (κ3) is 8.59. The second kappa shape index (κ2) is 16.6. The molecule has 2 aliphatic carbocycles. The summed E-state index contributed by atoms with van der Waals surface area (Å²) >= 11 is 0. The quantitative estimate of drug-likeness (QED) is 0.150. The van der Waals surface area contributed by atoms with Crippen molar-refractivity contribution in [1.29, 1.82) is 0 Å². The second-order valence-corrected chi connectivity index (χ2v) is 14.2. The Bertz CT molecular complexity index is 1360. The Hall–Kier alpha value is -2.82. The topological polar surface area (TPSA) is 12.0 Å². The van der Waals surface area contributed by atoms with Gasteiger partial charge in [-0.1, -0.05) is 158 Å². The van der Waals surface area contributed by atoms with Crippen molar-refractivity contribution in [3.63, 3.8) is 0 Å². The Morgan fingerprint density at radius 3 is 1.46 bits per heavy atom. The Morgan fingerprint density at radius 1 is 0.610 bits per heavy atom. The molecule has 2 aliphatic rings. The monoisotopic (exact) mass is 613 g/mol. The van der Waals surface area contributed by atoms with Crippen LogP contribution in [0.25, 0.3) is 0 Å². The van der Waals surface area contributed by atoms with Crippen LogP contribution in [0.5, 0.6) is 0 Å². The molecule has 6 rings (SSSR count). The molecule has 0 fully saturated rings. The standard InChI is InChI=1S/C32H31NP2.C5H6.Fe/c1-26(33-25-34(27-15-6-2-7-16-27)28-17-8-3-9-18-28)31-23-14-24-32(31)35(29-19-10-4-11-20-29)30-21-12-5-13-22-30;1-2-4-5-3-1;/h2-22,24,26,33H,23,25H2,1H3;1-4H,5H2;/t26-;;/m1../s1. The van der Waals surface area contributed by atoms with Crippen molar-refractivity contribution < 1.29 is 17.1 Å². The maximum Gasteiger partial charge on any atom is 0.0267 e. The van der Waals surface area contributed by atoms with Crippen molar-refractivity contribution in [3.8, 4) is 0 Å². The van der Waals surface area contributed by atoms with Gasteiger partial charge in [0.1, 0.15) is 0 Å². The molecule has 0 heterocycles. The average Bonchev–Trinajstić information content (AvgIpc) is 3.76. The molecule has 0 saturated heterocycles. The number of rotatable bonds is 9. The van der Waals surface area contributed by atoms with Gasteiger partial charge in [-0.15, -0.1) is 0 Å². The van der Waals surface area contributed by atoms with Gasteiger partial charge in [0.2, 0.25) is 0 Å². The minimum atomic E-state index is -0.579. The normalized spacial score (nSPS) is 14.2. The Kier molecular flexibility index (Phi) is 12.6. The number of hydrogen-bond acceptors (Lipinski definition) is 1. The zero-order valence-electron chi connectivity index (χ0n) is 23.5. The van der Waals surface area contributed by atoms with E-state index in [1.165, 1.54) is 32.1 Å². The summed E-state index contributed by atoms with van der Waals surface area (Å²) in [5.41, 5.74) is 1.53. The molecule has 0 saturated carbocycles. The van der Waals surface area contributed by atoms with Gasteiger partial charge in [0.25, 0.3) is 0 Å². The van der Waals surface area contributed by atoms with Gasteiger partial charge >= 0.3 is 0 Å². The average molecular weight is 614 g/mol. The third-order valence-corrected chi connectivity index (χ3v) is 12.0. The van der Waals surface area contributed by atoms with Crippen molar-refractivity contribution >= 4 is 37.1 Å². The molecule has 0 radical (unpaired) electrons. The predicted molar refractivity (Wildman–Crippen MR) is 179 cm³/mol. The first kappa shape index (κ1) is 31.1. The van der Waals surface area contributed by atoms with E-state index in [1.807, 2.05) is 0 Å². The van der Waals surface area contributed by atoms with E-state index in [1.54, 1.807) is 0 Å². The summed E-state index contributed by atoms with van der Waals surface area (Å²) < 4.78 is 0. The smallest absolute Gasteiger partial charge is 0.0267 e. The summed E-state index contributed by atoms with van der Waals surface area (Å²) in [5.74, 6) is 0. The van der Waals surface area contributed by atoms with Gasteiger partial charge in [0.15, 0.2) is 0 Å². The summed E-state index contributed by atoms with van der Waals surface area (Å²) in [6, 6.07) is 44.3. The number of allylic oxidation sites excluding steroid dienone is 7. The molecule has 1 nitrogen and oxygen atoms in total. The summed E-state index contributed by atoms with van der Waals surface area (Å²) in [7, 11) is -1.04. The molecule has 1 N–H and O–H groups in total. The largest absolute Gasteiger partial charge is 0.306 e. The third-order valence-electron chi connectivity index (χ3n) is 7.08. The summed E-state index contributed by atoms with van der Waals surface area (Å²) in [6.45, 7) is 2.34. The van der Waals surface area contributed by atoms with Crippen molar-refractivity contribution in [3.05, 3.63) is 169 Å². The van der Waals surface area contributed by atoms with Crippen LogP contribution in [0.15, 0.2) is 169 Å². The van der Waals surface area contributed by atoms with Crippen molar-refractivity contribution in [2.24, 2.45) is 0 Å². The van der Waals surface area contributed by atoms with E-state index in [0.29, 0.717) is 6.04 Å². The molecule has 0 unspecified atom stereocenters. The first-order chi connectivity index (χ1) is 19.8. The van der Waals surface area contributed by atoms with Crippen molar-refractivity contribution in [2.75, 3.05) is 6.29 Å². The number of hydrogen-bond donors (Lipinski definition) is 1. The van der Waals surface area contributed by atoms with E-state index in [-0.39, 0.29) is 17.1 Å². The van der Waals surface area contributed by atoms with Crippen LogP contribution in [-0.2, 0) is 17.1 Å². The minimum Gasteiger partial charge on any atom is -0.306 e. The van der Waals surface area contributed by atoms with Gasteiger partial charge in [0, 0.05) is 29.4 Å². The fourth-order valence-corrected chi connectivity index (χ4v) is 9.80. The van der Waals surface area contributed by atoms with Crippen LogP contribution < -0.4 is 26.5 Å². The van der Waals surface area contributed by atoms with Crippen LogP contribution in [0.2, 0.25) is 0 Å². The fourth-order valence-electron chi connectivity index (χ4n) is 5.00. The molecule has 4 aromatic rings. The molecule has 208 valence electrons. The molecule has 41 heavy (non-hydrogen) atoms. The van der Waals surface area contributed by atoms with Crippen LogP contribution in [0.3, 0.4) is 0 Å². The molecule has 4 heteroatoms. The van der Waals surface area contributed by atoms with E-state index in [0.717, 1.165) is 19.1 Å². The number of nitrogens with one attached hydrogen (secondary N) is 1. The molecule has 0 spiro atoms. The predicted octanol–water partition coefficient (Wildman–Crippen LogP) is 7.90. The first-order valence-corrected chi connectivity index (χ1v) is 16.9. The van der Waals surface area contributed by atoms with Gasteiger partial charge in [-0.25, -0.2) is 0 Å². The molecule has 1 atom stereocenters. The van der Waals surface area contributed by atoms with Crippen LogP contribution in [0.1, 0.15) is 19.8 Å². The summed E-state index contributed by atoms with van der Waals surface area (Å²) in [5, 5.41) is 11.1. The van der Waals surface area contributed by atoms with Crippen LogP contribution in [0.4, 0.5) is 0 Å².